The number of hydrogen-bond acceptors (Lipinski definition) is 4. The maximum atomic E-state index is 11.3. The van der Waals surface area contributed by atoms with Gasteiger partial charge in [0, 0.05) is 18.5 Å². The molecule has 14 heavy (non-hydrogen) atoms. The predicted molar refractivity (Wildman–Crippen MR) is 53.8 cm³/mol. The van der Waals surface area contributed by atoms with Crippen LogP contribution in [0.5, 0.6) is 0 Å². The molecule has 3 N–H and O–H groups in total. The van der Waals surface area contributed by atoms with E-state index in [1.54, 1.807) is 31.3 Å². The van der Waals surface area contributed by atoms with Crippen molar-refractivity contribution in [3.63, 3.8) is 0 Å². The number of carbonyl (C=O) groups is 1. The van der Waals surface area contributed by atoms with E-state index in [4.69, 9.17) is 5.73 Å². The zero-order valence-corrected chi connectivity index (χ0v) is 7.84. The lowest BCUT2D eigenvalue weighted by molar-refractivity contribution is 0.0950. The van der Waals surface area contributed by atoms with Crippen LogP contribution in [0, 0.1) is 0 Å². The second kappa shape index (κ2) is 5.08. The molecule has 0 saturated carbocycles. The minimum Gasteiger partial charge on any atom is -0.323 e. The lowest BCUT2D eigenvalue weighted by Gasteiger charge is -1.98. The molecule has 1 heterocycles. The normalized spacial score (nSPS) is 12.7. The van der Waals surface area contributed by atoms with E-state index in [2.05, 4.69) is 15.5 Å². The highest BCUT2D eigenvalue weighted by atomic mass is 16.2. The Hall–Kier alpha value is -1.75. The van der Waals surface area contributed by atoms with Crippen molar-refractivity contribution in [3.05, 3.63) is 30.1 Å². The van der Waals surface area contributed by atoms with Crippen LogP contribution in [-0.4, -0.2) is 23.1 Å². The van der Waals surface area contributed by atoms with Crippen LogP contribution in [0.2, 0.25) is 0 Å². The lowest BCUT2D eigenvalue weighted by atomic mass is 10.3. The summed E-state index contributed by atoms with van der Waals surface area (Å²) in [6.45, 7) is 1.76. The summed E-state index contributed by atoms with van der Waals surface area (Å²) >= 11 is 0. The van der Waals surface area contributed by atoms with Crippen molar-refractivity contribution in [2.75, 3.05) is 0 Å². The van der Waals surface area contributed by atoms with Gasteiger partial charge in [-0.05, 0) is 19.1 Å². The van der Waals surface area contributed by atoms with E-state index in [0.29, 0.717) is 5.69 Å². The van der Waals surface area contributed by atoms with Gasteiger partial charge in [-0.1, -0.05) is 6.07 Å². The zero-order chi connectivity index (χ0) is 10.4. The second-order valence-electron chi connectivity index (χ2n) is 2.79. The number of aromatic nitrogens is 1. The summed E-state index contributed by atoms with van der Waals surface area (Å²) in [4.78, 5) is 15.2. The fourth-order valence-corrected chi connectivity index (χ4v) is 0.768. The molecule has 0 radical (unpaired) electrons. The Balaban J connectivity index is 2.52. The standard InChI is InChI=1S/C9H12N4O/c1-7(10)6-12-13-9(14)8-4-2-3-5-11-8/h2-7H,10H2,1H3,(H,13,14)/b12-6+. The van der Waals surface area contributed by atoms with Gasteiger partial charge in [0.1, 0.15) is 5.69 Å². The van der Waals surface area contributed by atoms with Gasteiger partial charge in [0.2, 0.25) is 0 Å². The molecule has 1 unspecified atom stereocenters. The molecule has 1 amide bonds. The smallest absolute Gasteiger partial charge is 0.289 e. The SMILES string of the molecule is CC(N)/C=N/NC(=O)c1ccccn1. The first-order chi connectivity index (χ1) is 6.70. The van der Waals surface area contributed by atoms with Gasteiger partial charge in [-0.3, -0.25) is 9.78 Å². The highest BCUT2D eigenvalue weighted by Gasteiger charge is 2.03. The molecule has 1 aromatic heterocycles. The average Bonchev–Trinajstić information content (AvgIpc) is 2.18. The predicted octanol–water partition coefficient (Wildman–Crippen LogP) is 0.144. The van der Waals surface area contributed by atoms with Crippen molar-refractivity contribution in [3.8, 4) is 0 Å². The molecule has 1 aromatic rings. The molecule has 0 saturated heterocycles. The monoisotopic (exact) mass is 192 g/mol. The van der Waals surface area contributed by atoms with E-state index < -0.39 is 0 Å². The van der Waals surface area contributed by atoms with Crippen LogP contribution in [0.1, 0.15) is 17.4 Å². The Morgan fingerprint density at radius 3 is 3.07 bits per heavy atom. The van der Waals surface area contributed by atoms with Crippen LogP contribution in [-0.2, 0) is 0 Å². The number of pyridine rings is 1. The molecule has 0 fully saturated rings. The number of nitrogens with zero attached hydrogens (tertiary/aromatic N) is 2. The molecular formula is C9H12N4O. The Morgan fingerprint density at radius 1 is 1.71 bits per heavy atom. The van der Waals surface area contributed by atoms with Crippen LogP contribution >= 0.6 is 0 Å². The number of carbonyl (C=O) groups excluding carboxylic acids is 1. The number of hydrogen-bond donors (Lipinski definition) is 2. The Kier molecular flexibility index (Phi) is 3.75. The molecular weight excluding hydrogens is 180 g/mol. The minimum absolute atomic E-state index is 0.181. The zero-order valence-electron chi connectivity index (χ0n) is 7.84. The average molecular weight is 192 g/mol. The van der Waals surface area contributed by atoms with Crippen LogP contribution in [0.3, 0.4) is 0 Å². The van der Waals surface area contributed by atoms with Crippen molar-refractivity contribution in [2.45, 2.75) is 13.0 Å². The number of nitrogens with one attached hydrogen (secondary N) is 1. The molecule has 5 nitrogen and oxygen atoms in total. The molecule has 0 bridgehead atoms. The summed E-state index contributed by atoms with van der Waals surface area (Å²) in [6.07, 6.45) is 2.99. The van der Waals surface area contributed by atoms with Gasteiger partial charge < -0.3 is 5.73 Å². The molecule has 0 aliphatic rings. The van der Waals surface area contributed by atoms with Crippen molar-refractivity contribution >= 4 is 12.1 Å². The summed E-state index contributed by atoms with van der Waals surface area (Å²) in [7, 11) is 0. The van der Waals surface area contributed by atoms with Gasteiger partial charge in [0.05, 0.1) is 0 Å². The van der Waals surface area contributed by atoms with Crippen LogP contribution < -0.4 is 11.2 Å². The largest absolute Gasteiger partial charge is 0.323 e. The summed E-state index contributed by atoms with van der Waals surface area (Å²) in [5, 5.41) is 3.66. The van der Waals surface area contributed by atoms with E-state index in [-0.39, 0.29) is 11.9 Å². The van der Waals surface area contributed by atoms with Crippen molar-refractivity contribution < 1.29 is 4.79 Å². The van der Waals surface area contributed by atoms with Gasteiger partial charge >= 0.3 is 0 Å². The van der Waals surface area contributed by atoms with E-state index in [0.717, 1.165) is 0 Å². The quantitative estimate of drug-likeness (QED) is 0.528. The third-order valence-corrected chi connectivity index (χ3v) is 1.37. The maximum absolute atomic E-state index is 11.3. The Morgan fingerprint density at radius 2 is 2.50 bits per heavy atom. The number of amides is 1. The van der Waals surface area contributed by atoms with Gasteiger partial charge in [-0.2, -0.15) is 5.10 Å². The first-order valence-electron chi connectivity index (χ1n) is 4.20. The van der Waals surface area contributed by atoms with E-state index in [9.17, 15) is 4.79 Å². The first kappa shape index (κ1) is 10.3. The number of rotatable bonds is 3. The maximum Gasteiger partial charge on any atom is 0.289 e. The van der Waals surface area contributed by atoms with Gasteiger partial charge in [-0.25, -0.2) is 5.43 Å². The molecule has 1 atom stereocenters. The highest BCUT2D eigenvalue weighted by molar-refractivity contribution is 5.92. The van der Waals surface area contributed by atoms with Gasteiger partial charge in [0.15, 0.2) is 0 Å². The van der Waals surface area contributed by atoms with E-state index in [1.165, 1.54) is 6.21 Å². The molecule has 0 aromatic carbocycles. The molecule has 0 aliphatic heterocycles. The number of hydrazone groups is 1. The van der Waals surface area contributed by atoms with Crippen LogP contribution in [0.4, 0.5) is 0 Å². The topological polar surface area (TPSA) is 80.4 Å². The summed E-state index contributed by atoms with van der Waals surface area (Å²) in [5.41, 5.74) is 8.05. The van der Waals surface area contributed by atoms with Crippen molar-refractivity contribution in [2.24, 2.45) is 10.8 Å². The molecule has 0 aliphatic carbocycles. The molecule has 0 spiro atoms. The summed E-state index contributed by atoms with van der Waals surface area (Å²) < 4.78 is 0. The molecule has 74 valence electrons. The first-order valence-corrected chi connectivity index (χ1v) is 4.20. The molecule has 1 rings (SSSR count). The fraction of sp³-hybridized carbons (Fsp3) is 0.222. The fourth-order valence-electron chi connectivity index (χ4n) is 0.768. The van der Waals surface area contributed by atoms with Gasteiger partial charge in [-0.15, -0.1) is 0 Å². The summed E-state index contributed by atoms with van der Waals surface area (Å²) in [6, 6.07) is 4.90. The molecule has 5 heteroatoms. The minimum atomic E-state index is -0.345. The number of nitrogens with two attached hydrogens (primary N) is 1. The van der Waals surface area contributed by atoms with E-state index in [1.807, 2.05) is 0 Å². The third kappa shape index (κ3) is 3.32. The Bertz CT molecular complexity index is 321. The Labute approximate surface area is 82.0 Å². The lowest BCUT2D eigenvalue weighted by Crippen LogP contribution is -2.22. The summed E-state index contributed by atoms with van der Waals surface area (Å²) in [5.74, 6) is -0.345. The van der Waals surface area contributed by atoms with Crippen molar-refractivity contribution in [1.82, 2.24) is 10.4 Å². The highest BCUT2D eigenvalue weighted by Crippen LogP contribution is 1.91. The van der Waals surface area contributed by atoms with Crippen molar-refractivity contribution in [1.29, 1.82) is 0 Å². The second-order valence-corrected chi connectivity index (χ2v) is 2.79. The van der Waals surface area contributed by atoms with Crippen LogP contribution in [0.25, 0.3) is 0 Å². The van der Waals surface area contributed by atoms with E-state index >= 15 is 0 Å². The van der Waals surface area contributed by atoms with Crippen LogP contribution in [0.15, 0.2) is 29.5 Å². The third-order valence-electron chi connectivity index (χ3n) is 1.37. The van der Waals surface area contributed by atoms with Gasteiger partial charge in [0.25, 0.3) is 5.91 Å².